The summed E-state index contributed by atoms with van der Waals surface area (Å²) in [6.07, 6.45) is 0.820. The molecule has 0 amide bonds. The summed E-state index contributed by atoms with van der Waals surface area (Å²) in [5.41, 5.74) is 2.60. The van der Waals surface area contributed by atoms with Crippen molar-refractivity contribution in [3.05, 3.63) is 40.5 Å². The zero-order chi connectivity index (χ0) is 13.1. The minimum Gasteiger partial charge on any atom is -0.464 e. The third-order valence-electron chi connectivity index (χ3n) is 2.63. The van der Waals surface area contributed by atoms with E-state index in [0.29, 0.717) is 5.69 Å². The van der Waals surface area contributed by atoms with Crippen LogP contribution in [-0.2, 0) is 11.2 Å². The van der Waals surface area contributed by atoms with Crippen molar-refractivity contribution >= 4 is 17.3 Å². The number of carbonyl (C=O) groups is 1. The zero-order valence-electron chi connectivity index (χ0n) is 10.7. The molecule has 1 aromatic carbocycles. The Morgan fingerprint density at radius 1 is 1.44 bits per heavy atom. The maximum atomic E-state index is 11.7. The maximum absolute atomic E-state index is 11.7. The van der Waals surface area contributed by atoms with Crippen molar-refractivity contribution in [3.63, 3.8) is 0 Å². The lowest BCUT2D eigenvalue weighted by atomic mass is 10.1. The number of ether oxygens (including phenoxy) is 1. The Bertz CT molecular complexity index is 575. The van der Waals surface area contributed by atoms with Gasteiger partial charge in [0.2, 0.25) is 0 Å². The number of thiazole rings is 1. The van der Waals surface area contributed by atoms with Crippen molar-refractivity contribution in [3.8, 4) is 10.4 Å². The van der Waals surface area contributed by atoms with Crippen LogP contribution in [-0.4, -0.2) is 18.1 Å². The first kappa shape index (κ1) is 12.8. The number of hydrogen-bond donors (Lipinski definition) is 0. The molecule has 0 N–H and O–H groups in total. The summed E-state index contributed by atoms with van der Waals surface area (Å²) in [5, 5.41) is 0.951. The summed E-state index contributed by atoms with van der Waals surface area (Å²) in [6.45, 7) is 4.06. The molecule has 0 saturated heterocycles. The minimum absolute atomic E-state index is 0.373. The Kier molecular flexibility index (Phi) is 3.77. The molecule has 3 nitrogen and oxygen atoms in total. The first-order valence-corrected chi connectivity index (χ1v) is 6.62. The summed E-state index contributed by atoms with van der Waals surface area (Å²) in [7, 11) is 1.38. The maximum Gasteiger partial charge on any atom is 0.358 e. The van der Waals surface area contributed by atoms with E-state index in [1.807, 2.05) is 32.0 Å². The molecule has 2 rings (SSSR count). The van der Waals surface area contributed by atoms with E-state index in [-0.39, 0.29) is 5.97 Å². The first-order valence-electron chi connectivity index (χ1n) is 5.80. The number of esters is 1. The van der Waals surface area contributed by atoms with E-state index < -0.39 is 0 Å². The van der Waals surface area contributed by atoms with Gasteiger partial charge in [0.15, 0.2) is 5.69 Å². The molecule has 0 bridgehead atoms. The molecule has 2 aromatic rings. The van der Waals surface area contributed by atoms with Crippen LogP contribution < -0.4 is 0 Å². The SMILES string of the molecule is CCc1nc(C(=O)OC)c(-c2cccc(C)c2)s1. The Labute approximate surface area is 110 Å². The van der Waals surface area contributed by atoms with Gasteiger partial charge >= 0.3 is 5.97 Å². The largest absolute Gasteiger partial charge is 0.464 e. The lowest BCUT2D eigenvalue weighted by molar-refractivity contribution is 0.0595. The van der Waals surface area contributed by atoms with Gasteiger partial charge in [-0.1, -0.05) is 36.8 Å². The fraction of sp³-hybridized carbons (Fsp3) is 0.286. The topological polar surface area (TPSA) is 39.2 Å². The molecule has 0 radical (unpaired) electrons. The van der Waals surface area contributed by atoms with Crippen LogP contribution in [0.25, 0.3) is 10.4 Å². The van der Waals surface area contributed by atoms with Gasteiger partial charge in [0.05, 0.1) is 17.0 Å². The van der Waals surface area contributed by atoms with Gasteiger partial charge in [-0.3, -0.25) is 0 Å². The van der Waals surface area contributed by atoms with Crippen molar-refractivity contribution in [2.45, 2.75) is 20.3 Å². The van der Waals surface area contributed by atoms with Gasteiger partial charge < -0.3 is 4.74 Å². The zero-order valence-corrected chi connectivity index (χ0v) is 11.5. The molecule has 0 aliphatic carbocycles. The molecule has 94 valence electrons. The third kappa shape index (κ3) is 2.43. The van der Waals surface area contributed by atoms with E-state index in [4.69, 9.17) is 4.74 Å². The van der Waals surface area contributed by atoms with Crippen molar-refractivity contribution in [2.24, 2.45) is 0 Å². The van der Waals surface area contributed by atoms with Crippen LogP contribution in [0.2, 0.25) is 0 Å². The molecule has 4 heteroatoms. The lowest BCUT2D eigenvalue weighted by Gasteiger charge is -2.01. The predicted octanol–water partition coefficient (Wildman–Crippen LogP) is 3.47. The van der Waals surface area contributed by atoms with Gasteiger partial charge in [0.25, 0.3) is 0 Å². The Morgan fingerprint density at radius 3 is 2.83 bits per heavy atom. The lowest BCUT2D eigenvalue weighted by Crippen LogP contribution is -2.03. The highest BCUT2D eigenvalue weighted by atomic mass is 32.1. The number of rotatable bonds is 3. The van der Waals surface area contributed by atoms with Gasteiger partial charge in [-0.05, 0) is 18.9 Å². The standard InChI is InChI=1S/C14H15NO2S/c1-4-11-15-12(14(16)17-3)13(18-11)10-7-5-6-9(2)8-10/h5-8H,4H2,1-3H3. The molecule has 18 heavy (non-hydrogen) atoms. The second kappa shape index (κ2) is 5.31. The predicted molar refractivity (Wildman–Crippen MR) is 73.0 cm³/mol. The summed E-state index contributed by atoms with van der Waals surface area (Å²) >= 11 is 1.55. The molecule has 0 fully saturated rings. The minimum atomic E-state index is -0.373. The Hall–Kier alpha value is -1.68. The summed E-state index contributed by atoms with van der Waals surface area (Å²) in [4.78, 5) is 17.0. The number of carbonyl (C=O) groups excluding carboxylic acids is 1. The number of aryl methyl sites for hydroxylation is 2. The highest BCUT2D eigenvalue weighted by Gasteiger charge is 2.19. The van der Waals surface area contributed by atoms with Crippen molar-refractivity contribution < 1.29 is 9.53 Å². The van der Waals surface area contributed by atoms with Crippen LogP contribution in [0, 0.1) is 6.92 Å². The fourth-order valence-electron chi connectivity index (χ4n) is 1.73. The van der Waals surface area contributed by atoms with Crippen LogP contribution in [0.4, 0.5) is 0 Å². The molecule has 0 saturated carbocycles. The number of aromatic nitrogens is 1. The van der Waals surface area contributed by atoms with Crippen molar-refractivity contribution in [1.29, 1.82) is 0 Å². The Morgan fingerprint density at radius 2 is 2.22 bits per heavy atom. The van der Waals surface area contributed by atoms with E-state index in [1.165, 1.54) is 7.11 Å². The second-order valence-electron chi connectivity index (χ2n) is 4.00. The molecular weight excluding hydrogens is 246 g/mol. The van der Waals surface area contributed by atoms with E-state index in [9.17, 15) is 4.79 Å². The second-order valence-corrected chi connectivity index (χ2v) is 5.08. The number of nitrogens with zero attached hydrogens (tertiary/aromatic N) is 1. The first-order chi connectivity index (χ1) is 8.65. The number of benzene rings is 1. The highest BCUT2D eigenvalue weighted by molar-refractivity contribution is 7.15. The van der Waals surface area contributed by atoms with Gasteiger partial charge in [0.1, 0.15) is 0 Å². The summed E-state index contributed by atoms with van der Waals surface area (Å²) in [6, 6.07) is 8.06. The van der Waals surface area contributed by atoms with Crippen LogP contribution in [0.5, 0.6) is 0 Å². The average molecular weight is 261 g/mol. The van der Waals surface area contributed by atoms with E-state index >= 15 is 0 Å². The molecule has 0 unspecified atom stereocenters. The number of hydrogen-bond acceptors (Lipinski definition) is 4. The van der Waals surface area contributed by atoms with E-state index in [2.05, 4.69) is 11.1 Å². The molecule has 0 atom stereocenters. The van der Waals surface area contributed by atoms with Gasteiger partial charge in [-0.15, -0.1) is 11.3 Å². The molecule has 1 heterocycles. The quantitative estimate of drug-likeness (QED) is 0.794. The average Bonchev–Trinajstić information content (AvgIpc) is 2.82. The van der Waals surface area contributed by atoms with Gasteiger partial charge in [-0.2, -0.15) is 0 Å². The van der Waals surface area contributed by atoms with Crippen LogP contribution >= 0.6 is 11.3 Å². The van der Waals surface area contributed by atoms with E-state index in [1.54, 1.807) is 11.3 Å². The monoisotopic (exact) mass is 261 g/mol. The van der Waals surface area contributed by atoms with Crippen molar-refractivity contribution in [2.75, 3.05) is 7.11 Å². The summed E-state index contributed by atoms with van der Waals surface area (Å²) < 4.78 is 4.79. The fourth-order valence-corrected chi connectivity index (χ4v) is 2.72. The molecular formula is C14H15NO2S. The van der Waals surface area contributed by atoms with E-state index in [0.717, 1.165) is 27.4 Å². The summed E-state index contributed by atoms with van der Waals surface area (Å²) in [5.74, 6) is -0.373. The molecule has 0 aliphatic rings. The molecule has 0 spiro atoms. The Balaban J connectivity index is 2.55. The van der Waals surface area contributed by atoms with Gasteiger partial charge in [-0.25, -0.2) is 9.78 Å². The van der Waals surface area contributed by atoms with Gasteiger partial charge in [0, 0.05) is 0 Å². The highest BCUT2D eigenvalue weighted by Crippen LogP contribution is 2.31. The molecule has 1 aromatic heterocycles. The van der Waals surface area contributed by atoms with Crippen LogP contribution in [0.1, 0.15) is 28.0 Å². The normalized spacial score (nSPS) is 10.4. The third-order valence-corrected chi connectivity index (χ3v) is 3.88. The van der Waals surface area contributed by atoms with Crippen molar-refractivity contribution in [1.82, 2.24) is 4.98 Å². The van der Waals surface area contributed by atoms with Crippen LogP contribution in [0.3, 0.4) is 0 Å². The van der Waals surface area contributed by atoms with Crippen LogP contribution in [0.15, 0.2) is 24.3 Å². The molecule has 0 aliphatic heterocycles. The smallest absolute Gasteiger partial charge is 0.358 e. The number of methoxy groups -OCH3 is 1.